The van der Waals surface area contributed by atoms with Crippen LogP contribution in [0.2, 0.25) is 0 Å². The van der Waals surface area contributed by atoms with E-state index in [0.717, 1.165) is 49.2 Å². The highest BCUT2D eigenvalue weighted by atomic mass is 16.2. The van der Waals surface area contributed by atoms with Crippen LogP contribution >= 0.6 is 0 Å². The van der Waals surface area contributed by atoms with E-state index >= 15 is 0 Å². The summed E-state index contributed by atoms with van der Waals surface area (Å²) < 4.78 is 0. The van der Waals surface area contributed by atoms with Gasteiger partial charge in [0, 0.05) is 50.9 Å². The maximum Gasteiger partial charge on any atom is 0.253 e. The minimum Gasteiger partial charge on any atom is -0.356 e. The first-order valence-corrected chi connectivity index (χ1v) is 11.1. The highest BCUT2D eigenvalue weighted by molar-refractivity contribution is 5.94. The number of amides is 1. The average molecular weight is 408 g/mol. The number of hydrogen-bond donors (Lipinski definition) is 0. The summed E-state index contributed by atoms with van der Waals surface area (Å²) in [6, 6.07) is 10.2. The summed E-state index contributed by atoms with van der Waals surface area (Å²) >= 11 is 0. The van der Waals surface area contributed by atoms with Gasteiger partial charge in [0.1, 0.15) is 17.5 Å². The van der Waals surface area contributed by atoms with E-state index in [-0.39, 0.29) is 11.3 Å². The molecule has 1 aromatic heterocycles. The molecule has 0 bridgehead atoms. The number of carbonyl (C=O) groups is 1. The Bertz CT molecular complexity index is 889. The zero-order chi connectivity index (χ0) is 21.3. The Balaban J connectivity index is 1.41. The van der Waals surface area contributed by atoms with Crippen LogP contribution in [0.25, 0.3) is 0 Å². The van der Waals surface area contributed by atoms with Crippen molar-refractivity contribution < 1.29 is 4.79 Å². The number of benzene rings is 1. The molecule has 0 spiro atoms. The predicted octanol–water partition coefficient (Wildman–Crippen LogP) is 3.65. The van der Waals surface area contributed by atoms with Crippen LogP contribution in [0.1, 0.15) is 55.4 Å². The van der Waals surface area contributed by atoms with Crippen LogP contribution in [0.5, 0.6) is 0 Å². The molecular weight excluding hydrogens is 374 g/mol. The second-order valence-corrected chi connectivity index (χ2v) is 9.43. The fourth-order valence-corrected chi connectivity index (χ4v) is 4.24. The van der Waals surface area contributed by atoms with Crippen LogP contribution in [0, 0.1) is 6.92 Å². The Labute approximate surface area is 179 Å². The molecule has 4 rings (SSSR count). The van der Waals surface area contributed by atoms with Gasteiger partial charge in [-0.1, -0.05) is 32.9 Å². The number of aryl methyl sites for hydroxylation is 1. The molecule has 0 aliphatic carbocycles. The number of carbonyl (C=O) groups excluding carboxylic acids is 1. The number of hydrogen-bond acceptors (Lipinski definition) is 5. The zero-order valence-electron chi connectivity index (χ0n) is 18.7. The van der Waals surface area contributed by atoms with E-state index in [1.807, 2.05) is 24.0 Å². The van der Waals surface area contributed by atoms with Crippen molar-refractivity contribution in [2.45, 2.75) is 46.0 Å². The Morgan fingerprint density at radius 1 is 0.833 bits per heavy atom. The summed E-state index contributed by atoms with van der Waals surface area (Å²) in [7, 11) is 0. The first-order valence-electron chi connectivity index (χ1n) is 11.1. The maximum atomic E-state index is 13.0. The maximum absolute atomic E-state index is 13.0. The van der Waals surface area contributed by atoms with Gasteiger partial charge >= 0.3 is 0 Å². The Kier molecular flexibility index (Phi) is 5.67. The lowest BCUT2D eigenvalue weighted by molar-refractivity contribution is 0.0746. The third-order valence-corrected chi connectivity index (χ3v) is 6.13. The van der Waals surface area contributed by atoms with Gasteiger partial charge in [-0.05, 0) is 42.9 Å². The van der Waals surface area contributed by atoms with E-state index in [2.05, 4.69) is 58.7 Å². The Hall–Kier alpha value is -2.63. The molecule has 1 amide bonds. The van der Waals surface area contributed by atoms with Crippen molar-refractivity contribution in [1.29, 1.82) is 0 Å². The molecule has 160 valence electrons. The molecule has 2 aromatic rings. The molecule has 2 fully saturated rings. The lowest BCUT2D eigenvalue weighted by atomic mass is 9.86. The van der Waals surface area contributed by atoms with Gasteiger partial charge in [0.25, 0.3) is 5.91 Å². The van der Waals surface area contributed by atoms with Crippen LogP contribution in [0.15, 0.2) is 30.3 Å². The van der Waals surface area contributed by atoms with Gasteiger partial charge in [-0.25, -0.2) is 9.97 Å². The largest absolute Gasteiger partial charge is 0.356 e. The van der Waals surface area contributed by atoms with Crippen LogP contribution in [0.3, 0.4) is 0 Å². The molecule has 2 aliphatic rings. The minimum atomic E-state index is 0.0940. The SMILES string of the molecule is Cc1nc(N2CCCC2)cc(N2CCN(C(=O)c3ccc(C(C)(C)C)cc3)CC2)n1. The van der Waals surface area contributed by atoms with E-state index in [1.165, 1.54) is 18.4 Å². The van der Waals surface area contributed by atoms with Gasteiger partial charge in [0.2, 0.25) is 0 Å². The fourth-order valence-electron chi connectivity index (χ4n) is 4.24. The summed E-state index contributed by atoms with van der Waals surface area (Å²) in [4.78, 5) is 28.9. The molecule has 0 N–H and O–H groups in total. The van der Waals surface area contributed by atoms with Crippen molar-refractivity contribution in [2.75, 3.05) is 49.1 Å². The monoisotopic (exact) mass is 407 g/mol. The molecule has 0 unspecified atom stereocenters. The van der Waals surface area contributed by atoms with Crippen molar-refractivity contribution in [1.82, 2.24) is 14.9 Å². The molecule has 3 heterocycles. The van der Waals surface area contributed by atoms with E-state index in [9.17, 15) is 4.79 Å². The van der Waals surface area contributed by atoms with Gasteiger partial charge in [0.05, 0.1) is 0 Å². The van der Waals surface area contributed by atoms with Crippen molar-refractivity contribution in [3.63, 3.8) is 0 Å². The van der Waals surface area contributed by atoms with E-state index in [1.54, 1.807) is 0 Å². The lowest BCUT2D eigenvalue weighted by Gasteiger charge is -2.36. The predicted molar refractivity (Wildman–Crippen MR) is 121 cm³/mol. The average Bonchev–Trinajstić information content (AvgIpc) is 3.27. The first kappa shape index (κ1) is 20.6. The highest BCUT2D eigenvalue weighted by Crippen LogP contribution is 2.25. The molecule has 0 radical (unpaired) electrons. The summed E-state index contributed by atoms with van der Waals surface area (Å²) in [5.41, 5.74) is 2.11. The Morgan fingerprint density at radius 3 is 1.90 bits per heavy atom. The summed E-state index contributed by atoms with van der Waals surface area (Å²) in [5.74, 6) is 2.94. The summed E-state index contributed by atoms with van der Waals surface area (Å²) in [5, 5.41) is 0. The smallest absolute Gasteiger partial charge is 0.253 e. The van der Waals surface area contributed by atoms with Crippen molar-refractivity contribution in [3.05, 3.63) is 47.3 Å². The van der Waals surface area contributed by atoms with E-state index in [0.29, 0.717) is 13.1 Å². The molecule has 1 aromatic carbocycles. The third kappa shape index (κ3) is 4.42. The van der Waals surface area contributed by atoms with Crippen LogP contribution in [-0.2, 0) is 5.41 Å². The van der Waals surface area contributed by atoms with Crippen molar-refractivity contribution >= 4 is 17.5 Å². The molecule has 6 nitrogen and oxygen atoms in total. The third-order valence-electron chi connectivity index (χ3n) is 6.13. The molecular formula is C24H33N5O. The van der Waals surface area contributed by atoms with Crippen molar-refractivity contribution in [3.8, 4) is 0 Å². The molecule has 0 atom stereocenters. The molecule has 6 heteroatoms. The Morgan fingerprint density at radius 2 is 1.37 bits per heavy atom. The molecule has 2 saturated heterocycles. The first-order chi connectivity index (χ1) is 14.3. The minimum absolute atomic E-state index is 0.0940. The van der Waals surface area contributed by atoms with Crippen LogP contribution in [-0.4, -0.2) is 60.0 Å². The topological polar surface area (TPSA) is 52.6 Å². The summed E-state index contributed by atoms with van der Waals surface area (Å²) in [6.45, 7) is 13.7. The number of aromatic nitrogens is 2. The lowest BCUT2D eigenvalue weighted by Crippen LogP contribution is -2.49. The van der Waals surface area contributed by atoms with Gasteiger partial charge in [-0.3, -0.25) is 4.79 Å². The standard InChI is InChI=1S/C24H33N5O/c1-18-25-21(27-11-5-6-12-27)17-22(26-18)28-13-15-29(16-14-28)23(30)19-7-9-20(10-8-19)24(2,3)4/h7-10,17H,5-6,11-16H2,1-4H3. The molecule has 0 saturated carbocycles. The molecule has 2 aliphatic heterocycles. The van der Waals surface area contributed by atoms with Crippen LogP contribution < -0.4 is 9.80 Å². The zero-order valence-corrected chi connectivity index (χ0v) is 18.7. The van der Waals surface area contributed by atoms with Gasteiger partial charge in [-0.15, -0.1) is 0 Å². The quantitative estimate of drug-likeness (QED) is 0.777. The fraction of sp³-hybridized carbons (Fsp3) is 0.542. The van der Waals surface area contributed by atoms with Crippen molar-refractivity contribution in [2.24, 2.45) is 0 Å². The number of rotatable bonds is 3. The number of anilines is 2. The number of piperazine rings is 1. The summed E-state index contributed by atoms with van der Waals surface area (Å²) in [6.07, 6.45) is 2.46. The van der Waals surface area contributed by atoms with E-state index < -0.39 is 0 Å². The van der Waals surface area contributed by atoms with E-state index in [4.69, 9.17) is 0 Å². The second kappa shape index (κ2) is 8.25. The van der Waals surface area contributed by atoms with Gasteiger partial charge in [-0.2, -0.15) is 0 Å². The van der Waals surface area contributed by atoms with Crippen LogP contribution in [0.4, 0.5) is 11.6 Å². The molecule has 30 heavy (non-hydrogen) atoms. The van der Waals surface area contributed by atoms with Gasteiger partial charge in [0.15, 0.2) is 0 Å². The second-order valence-electron chi connectivity index (χ2n) is 9.43. The highest BCUT2D eigenvalue weighted by Gasteiger charge is 2.25. The normalized spacial score (nSPS) is 17.5. The van der Waals surface area contributed by atoms with Gasteiger partial charge < -0.3 is 14.7 Å². The number of nitrogens with zero attached hydrogens (tertiary/aromatic N) is 5.